The van der Waals surface area contributed by atoms with E-state index in [1.807, 2.05) is 31.2 Å². The van der Waals surface area contributed by atoms with Gasteiger partial charge in [0.2, 0.25) is 0 Å². The Morgan fingerprint density at radius 1 is 1.33 bits per heavy atom. The number of fused-ring (bicyclic) bond motifs is 1. The standard InChI is InChI=1S/C13H14N2O3/c1-3-18-13(17)14-12(16)15-8-9(2)10-6-4-5-7-11(10)15/h4-8H,3H2,1-2H3,(H,14,16,17). The topological polar surface area (TPSA) is 60.3 Å². The van der Waals surface area contributed by atoms with Crippen molar-refractivity contribution in [3.63, 3.8) is 0 Å². The normalized spacial score (nSPS) is 10.3. The average Bonchev–Trinajstić information content (AvgIpc) is 2.68. The summed E-state index contributed by atoms with van der Waals surface area (Å²) in [6, 6.07) is 6.99. The molecule has 0 spiro atoms. The number of aromatic nitrogens is 1. The zero-order chi connectivity index (χ0) is 13.1. The van der Waals surface area contributed by atoms with Crippen molar-refractivity contribution in [1.82, 2.24) is 9.88 Å². The lowest BCUT2D eigenvalue weighted by Crippen LogP contribution is -2.34. The van der Waals surface area contributed by atoms with Crippen molar-refractivity contribution in [2.24, 2.45) is 0 Å². The van der Waals surface area contributed by atoms with Gasteiger partial charge >= 0.3 is 12.1 Å². The number of nitrogens with zero attached hydrogens (tertiary/aromatic N) is 1. The summed E-state index contributed by atoms with van der Waals surface area (Å²) < 4.78 is 6.07. The smallest absolute Gasteiger partial charge is 0.415 e. The third-order valence-corrected chi connectivity index (χ3v) is 2.61. The minimum absolute atomic E-state index is 0.227. The summed E-state index contributed by atoms with van der Waals surface area (Å²) in [7, 11) is 0. The van der Waals surface area contributed by atoms with Crippen LogP contribution in [0.5, 0.6) is 0 Å². The Balaban J connectivity index is 2.31. The monoisotopic (exact) mass is 246 g/mol. The van der Waals surface area contributed by atoms with Crippen LogP contribution in [0.2, 0.25) is 0 Å². The molecule has 1 N–H and O–H groups in total. The summed E-state index contributed by atoms with van der Waals surface area (Å²) in [5.74, 6) is 0. The number of hydrogen-bond acceptors (Lipinski definition) is 3. The molecule has 2 aromatic rings. The fourth-order valence-corrected chi connectivity index (χ4v) is 1.83. The number of carbonyl (C=O) groups excluding carboxylic acids is 2. The van der Waals surface area contributed by atoms with Gasteiger partial charge in [-0.15, -0.1) is 0 Å². The van der Waals surface area contributed by atoms with E-state index in [1.165, 1.54) is 4.57 Å². The number of amides is 2. The largest absolute Gasteiger partial charge is 0.450 e. The van der Waals surface area contributed by atoms with E-state index in [4.69, 9.17) is 0 Å². The maximum atomic E-state index is 11.9. The zero-order valence-electron chi connectivity index (χ0n) is 10.3. The van der Waals surface area contributed by atoms with Crippen LogP contribution in [0.15, 0.2) is 30.5 Å². The van der Waals surface area contributed by atoms with Crippen molar-refractivity contribution in [3.8, 4) is 0 Å². The van der Waals surface area contributed by atoms with Gasteiger partial charge in [0, 0.05) is 11.6 Å². The maximum Gasteiger partial charge on any atom is 0.415 e. The first kappa shape index (κ1) is 12.2. The molecule has 1 aromatic heterocycles. The summed E-state index contributed by atoms with van der Waals surface area (Å²) in [6.07, 6.45) is 0.956. The SMILES string of the molecule is CCOC(=O)NC(=O)n1cc(C)c2ccccc21. The second-order valence-corrected chi connectivity index (χ2v) is 3.85. The van der Waals surface area contributed by atoms with Gasteiger partial charge in [0.25, 0.3) is 0 Å². The van der Waals surface area contributed by atoms with E-state index in [-0.39, 0.29) is 6.61 Å². The van der Waals surface area contributed by atoms with E-state index < -0.39 is 12.1 Å². The second-order valence-electron chi connectivity index (χ2n) is 3.85. The van der Waals surface area contributed by atoms with E-state index in [1.54, 1.807) is 13.1 Å². The Morgan fingerprint density at radius 3 is 2.78 bits per heavy atom. The molecule has 0 saturated heterocycles. The number of rotatable bonds is 1. The first-order valence-electron chi connectivity index (χ1n) is 5.68. The molecule has 2 rings (SSSR count). The van der Waals surface area contributed by atoms with Gasteiger partial charge in [-0.3, -0.25) is 4.57 Å². The molecule has 5 nitrogen and oxygen atoms in total. The molecule has 0 atom stereocenters. The fraction of sp³-hybridized carbons (Fsp3) is 0.231. The third-order valence-electron chi connectivity index (χ3n) is 2.61. The van der Waals surface area contributed by atoms with E-state index in [9.17, 15) is 9.59 Å². The van der Waals surface area contributed by atoms with Crippen LogP contribution in [0, 0.1) is 6.92 Å². The third kappa shape index (κ3) is 2.20. The fourth-order valence-electron chi connectivity index (χ4n) is 1.83. The number of carbonyl (C=O) groups is 2. The summed E-state index contributed by atoms with van der Waals surface area (Å²) in [5.41, 5.74) is 1.74. The predicted molar refractivity (Wildman–Crippen MR) is 67.6 cm³/mol. The summed E-state index contributed by atoms with van der Waals surface area (Å²) in [6.45, 7) is 3.82. The van der Waals surface area contributed by atoms with E-state index >= 15 is 0 Å². The van der Waals surface area contributed by atoms with Crippen LogP contribution >= 0.6 is 0 Å². The number of hydrogen-bond donors (Lipinski definition) is 1. The Bertz CT molecular complexity index is 601. The van der Waals surface area contributed by atoms with E-state index in [0.29, 0.717) is 0 Å². The van der Waals surface area contributed by atoms with Crippen molar-refractivity contribution in [2.75, 3.05) is 6.61 Å². The lowest BCUT2D eigenvalue weighted by molar-refractivity contribution is 0.153. The first-order valence-corrected chi connectivity index (χ1v) is 5.68. The maximum absolute atomic E-state index is 11.9. The molecule has 94 valence electrons. The Hall–Kier alpha value is -2.30. The van der Waals surface area contributed by atoms with Crippen LogP contribution in [0.1, 0.15) is 12.5 Å². The Labute approximate surface area is 104 Å². The Morgan fingerprint density at radius 2 is 2.06 bits per heavy atom. The van der Waals surface area contributed by atoms with Gasteiger partial charge in [-0.2, -0.15) is 0 Å². The molecule has 0 fully saturated rings. The van der Waals surface area contributed by atoms with Gasteiger partial charge in [-0.05, 0) is 25.5 Å². The van der Waals surface area contributed by atoms with Gasteiger partial charge in [0.1, 0.15) is 0 Å². The van der Waals surface area contributed by atoms with Crippen LogP contribution in [0.3, 0.4) is 0 Å². The highest BCUT2D eigenvalue weighted by atomic mass is 16.5. The minimum Gasteiger partial charge on any atom is -0.450 e. The van der Waals surface area contributed by atoms with Gasteiger partial charge in [-0.1, -0.05) is 18.2 Å². The van der Waals surface area contributed by atoms with Crippen LogP contribution in [0.25, 0.3) is 10.9 Å². The molecular formula is C13H14N2O3. The Kier molecular flexibility index (Phi) is 3.32. The number of benzene rings is 1. The highest BCUT2D eigenvalue weighted by molar-refractivity contribution is 5.99. The van der Waals surface area contributed by atoms with Gasteiger partial charge in [0.15, 0.2) is 0 Å². The molecule has 0 saturated carbocycles. The number of para-hydroxylation sites is 1. The van der Waals surface area contributed by atoms with Crippen LogP contribution in [-0.2, 0) is 4.74 Å². The van der Waals surface area contributed by atoms with Crippen molar-refractivity contribution >= 4 is 23.0 Å². The lowest BCUT2D eigenvalue weighted by atomic mass is 10.2. The van der Waals surface area contributed by atoms with E-state index in [0.717, 1.165) is 16.5 Å². The molecule has 0 radical (unpaired) electrons. The van der Waals surface area contributed by atoms with Crippen LogP contribution < -0.4 is 5.32 Å². The molecule has 18 heavy (non-hydrogen) atoms. The predicted octanol–water partition coefficient (Wildman–Crippen LogP) is 2.66. The van der Waals surface area contributed by atoms with Crippen molar-refractivity contribution in [3.05, 3.63) is 36.0 Å². The molecule has 0 unspecified atom stereocenters. The average molecular weight is 246 g/mol. The number of imide groups is 1. The zero-order valence-corrected chi connectivity index (χ0v) is 10.3. The molecule has 1 aromatic carbocycles. The number of alkyl carbamates (subject to hydrolysis) is 1. The molecular weight excluding hydrogens is 232 g/mol. The lowest BCUT2D eigenvalue weighted by Gasteiger charge is -2.05. The molecule has 0 aliphatic carbocycles. The summed E-state index contributed by atoms with van der Waals surface area (Å²) in [5, 5.41) is 3.15. The molecule has 5 heteroatoms. The summed E-state index contributed by atoms with van der Waals surface area (Å²) >= 11 is 0. The first-order chi connectivity index (χ1) is 8.63. The second kappa shape index (κ2) is 4.91. The molecule has 0 bridgehead atoms. The van der Waals surface area contributed by atoms with Gasteiger partial charge in [-0.25, -0.2) is 14.9 Å². The van der Waals surface area contributed by atoms with Gasteiger partial charge in [0.05, 0.1) is 12.1 Å². The number of aryl methyl sites for hydroxylation is 1. The molecule has 1 heterocycles. The van der Waals surface area contributed by atoms with E-state index in [2.05, 4.69) is 10.1 Å². The minimum atomic E-state index is -0.738. The quantitative estimate of drug-likeness (QED) is 0.841. The molecule has 0 aliphatic heterocycles. The highest BCUT2D eigenvalue weighted by Crippen LogP contribution is 2.19. The molecule has 2 amide bonds. The van der Waals surface area contributed by atoms with Crippen molar-refractivity contribution < 1.29 is 14.3 Å². The molecule has 0 aliphatic rings. The van der Waals surface area contributed by atoms with Crippen molar-refractivity contribution in [2.45, 2.75) is 13.8 Å². The van der Waals surface area contributed by atoms with Gasteiger partial charge < -0.3 is 4.74 Å². The van der Waals surface area contributed by atoms with Crippen molar-refractivity contribution in [1.29, 1.82) is 0 Å². The van der Waals surface area contributed by atoms with Crippen LogP contribution in [-0.4, -0.2) is 23.3 Å². The highest BCUT2D eigenvalue weighted by Gasteiger charge is 2.14. The number of nitrogens with one attached hydrogen (secondary N) is 1. The number of ether oxygens (including phenoxy) is 1. The van der Waals surface area contributed by atoms with Crippen LogP contribution in [0.4, 0.5) is 9.59 Å². The summed E-state index contributed by atoms with van der Waals surface area (Å²) in [4.78, 5) is 23.1.